The highest BCUT2D eigenvalue weighted by Gasteiger charge is 2.23. The molecule has 0 N–H and O–H groups in total. The van der Waals surface area contributed by atoms with Crippen molar-refractivity contribution in [3.05, 3.63) is 212 Å². The van der Waals surface area contributed by atoms with Crippen molar-refractivity contribution in [2.24, 2.45) is 0 Å². The third-order valence-electron chi connectivity index (χ3n) is 13.2. The molecule has 0 saturated heterocycles. The fourth-order valence-corrected chi connectivity index (χ4v) is 10.5. The smallest absolute Gasteiger partial charge is 0.235 e. The monoisotopic (exact) mass is 801 g/mol. The lowest BCUT2D eigenvalue weighted by Gasteiger charge is -2.13. The van der Waals surface area contributed by atoms with Gasteiger partial charge in [-0.15, -0.1) is 0 Å². The minimum atomic E-state index is 0.651. The third-order valence-corrected chi connectivity index (χ3v) is 13.2. The van der Waals surface area contributed by atoms with Crippen LogP contribution in [0, 0.1) is 0 Å². The largest absolute Gasteiger partial charge is 0.309 e. The van der Waals surface area contributed by atoms with Crippen LogP contribution in [0.25, 0.3) is 126 Å². The molecular formula is C58H35N5. The molecule has 0 radical (unpaired) electrons. The van der Waals surface area contributed by atoms with Gasteiger partial charge < -0.3 is 9.13 Å². The Balaban J connectivity index is 1.01. The summed E-state index contributed by atoms with van der Waals surface area (Å²) in [6, 6.07) is 76.6. The molecule has 4 aromatic heterocycles. The van der Waals surface area contributed by atoms with E-state index in [9.17, 15) is 0 Å². The van der Waals surface area contributed by atoms with Gasteiger partial charge in [0, 0.05) is 54.6 Å². The molecule has 0 spiro atoms. The lowest BCUT2D eigenvalue weighted by Crippen LogP contribution is -2.03. The Labute approximate surface area is 360 Å². The molecule has 5 heteroatoms. The van der Waals surface area contributed by atoms with E-state index >= 15 is 0 Å². The van der Waals surface area contributed by atoms with E-state index in [2.05, 4.69) is 226 Å². The van der Waals surface area contributed by atoms with E-state index < -0.39 is 0 Å². The first-order chi connectivity index (χ1) is 31.3. The van der Waals surface area contributed by atoms with Crippen LogP contribution in [0.1, 0.15) is 0 Å². The molecule has 292 valence electrons. The topological polar surface area (TPSA) is 40.6 Å². The minimum absolute atomic E-state index is 0.651. The molecule has 0 bridgehead atoms. The Hall–Kier alpha value is -8.54. The standard InChI is InChI=1S/C58H35N5/c1-2-16-38-34-39(29-28-36(38)14-1)61-50-26-11-7-21-45(50)55-53(61)32-33-54-56(55)46-22-8-12-27-51(46)62(54)40-30-31-52-47(35-40)42-19-6-10-25-49(42)63(52)58-59-48-24-9-5-20-44(48)57(60-58)43-23-13-17-37-15-3-4-18-41(37)43/h1-35H. The van der Waals surface area contributed by atoms with Gasteiger partial charge in [-0.05, 0) is 88.3 Å². The third kappa shape index (κ3) is 4.87. The van der Waals surface area contributed by atoms with Crippen molar-refractivity contribution in [1.82, 2.24) is 23.7 Å². The van der Waals surface area contributed by atoms with Crippen LogP contribution in [0.4, 0.5) is 0 Å². The molecule has 4 heterocycles. The summed E-state index contributed by atoms with van der Waals surface area (Å²) in [6.45, 7) is 0. The molecule has 0 aliphatic rings. The Morgan fingerprint density at radius 1 is 0.286 bits per heavy atom. The fraction of sp³-hybridized carbons (Fsp3) is 0. The van der Waals surface area contributed by atoms with Crippen molar-refractivity contribution in [1.29, 1.82) is 0 Å². The molecule has 0 aliphatic carbocycles. The molecule has 0 atom stereocenters. The zero-order valence-electron chi connectivity index (χ0n) is 33.9. The van der Waals surface area contributed by atoms with Crippen LogP contribution in [0.2, 0.25) is 0 Å². The lowest BCUT2D eigenvalue weighted by molar-refractivity contribution is 1.01. The summed E-state index contributed by atoms with van der Waals surface area (Å²) in [5, 5.41) is 13.1. The second kappa shape index (κ2) is 13.0. The van der Waals surface area contributed by atoms with Crippen LogP contribution in [0.5, 0.6) is 0 Å². The van der Waals surface area contributed by atoms with Gasteiger partial charge in [0.25, 0.3) is 0 Å². The summed E-state index contributed by atoms with van der Waals surface area (Å²) in [4.78, 5) is 10.7. The Bertz CT molecular complexity index is 4220. The molecule has 10 aromatic carbocycles. The van der Waals surface area contributed by atoms with Crippen LogP contribution < -0.4 is 0 Å². The number of fused-ring (bicyclic) bond motifs is 13. The highest BCUT2D eigenvalue weighted by molar-refractivity contribution is 6.29. The van der Waals surface area contributed by atoms with Crippen LogP contribution >= 0.6 is 0 Å². The zero-order valence-corrected chi connectivity index (χ0v) is 33.9. The number of para-hydroxylation sites is 4. The number of hydrogen-bond acceptors (Lipinski definition) is 2. The average molecular weight is 802 g/mol. The minimum Gasteiger partial charge on any atom is -0.309 e. The number of hydrogen-bond donors (Lipinski definition) is 0. The predicted octanol–water partition coefficient (Wildman–Crippen LogP) is 14.9. The number of benzene rings is 10. The van der Waals surface area contributed by atoms with Crippen molar-refractivity contribution < 1.29 is 0 Å². The molecule has 0 unspecified atom stereocenters. The van der Waals surface area contributed by atoms with Crippen LogP contribution in [-0.2, 0) is 0 Å². The SMILES string of the molecule is c1ccc2cc(-n3c4ccccc4c4c5c6ccccc6n(-c6ccc7c(c6)c6ccccc6n7-c6nc(-c7cccc8ccccc78)c7ccccc7n6)c5ccc43)ccc2c1. The van der Waals surface area contributed by atoms with E-state index in [1.54, 1.807) is 0 Å². The maximum Gasteiger partial charge on any atom is 0.235 e. The van der Waals surface area contributed by atoms with Gasteiger partial charge in [0.2, 0.25) is 5.95 Å². The maximum atomic E-state index is 5.46. The van der Waals surface area contributed by atoms with Crippen LogP contribution in [0.15, 0.2) is 212 Å². The summed E-state index contributed by atoms with van der Waals surface area (Å²) >= 11 is 0. The molecular weight excluding hydrogens is 767 g/mol. The zero-order chi connectivity index (χ0) is 41.2. The molecule has 63 heavy (non-hydrogen) atoms. The van der Waals surface area contributed by atoms with Gasteiger partial charge in [-0.25, -0.2) is 9.97 Å². The van der Waals surface area contributed by atoms with Gasteiger partial charge in [-0.1, -0.05) is 146 Å². The maximum absolute atomic E-state index is 5.46. The summed E-state index contributed by atoms with van der Waals surface area (Å²) in [5.74, 6) is 0.651. The number of rotatable bonds is 4. The van der Waals surface area contributed by atoms with Crippen molar-refractivity contribution in [3.8, 4) is 28.6 Å². The second-order valence-corrected chi connectivity index (χ2v) is 16.6. The van der Waals surface area contributed by atoms with Crippen LogP contribution in [-0.4, -0.2) is 23.7 Å². The highest BCUT2D eigenvalue weighted by atomic mass is 15.2. The van der Waals surface area contributed by atoms with Crippen molar-refractivity contribution in [2.75, 3.05) is 0 Å². The summed E-state index contributed by atoms with van der Waals surface area (Å²) < 4.78 is 7.12. The Kier molecular flexibility index (Phi) is 7.05. The molecule has 0 fully saturated rings. The van der Waals surface area contributed by atoms with E-state index in [0.29, 0.717) is 5.95 Å². The molecule has 0 aliphatic heterocycles. The first kappa shape index (κ1) is 34.2. The van der Waals surface area contributed by atoms with Crippen molar-refractivity contribution >= 4 is 97.9 Å². The summed E-state index contributed by atoms with van der Waals surface area (Å²) in [5.41, 5.74) is 12.0. The van der Waals surface area contributed by atoms with Gasteiger partial charge in [0.15, 0.2) is 0 Å². The van der Waals surface area contributed by atoms with Gasteiger partial charge in [-0.2, -0.15) is 0 Å². The van der Waals surface area contributed by atoms with Gasteiger partial charge in [0.05, 0.1) is 44.3 Å². The van der Waals surface area contributed by atoms with Crippen LogP contribution in [0.3, 0.4) is 0 Å². The van der Waals surface area contributed by atoms with E-state index in [4.69, 9.17) is 9.97 Å². The normalized spacial score (nSPS) is 12.1. The second-order valence-electron chi connectivity index (χ2n) is 16.6. The predicted molar refractivity (Wildman–Crippen MR) is 263 cm³/mol. The van der Waals surface area contributed by atoms with Gasteiger partial charge in [-0.3, -0.25) is 4.57 Å². The summed E-state index contributed by atoms with van der Waals surface area (Å²) in [6.07, 6.45) is 0. The van der Waals surface area contributed by atoms with Gasteiger partial charge >= 0.3 is 0 Å². The van der Waals surface area contributed by atoms with Crippen molar-refractivity contribution in [2.45, 2.75) is 0 Å². The average Bonchev–Trinajstić information content (AvgIpc) is 3.99. The Morgan fingerprint density at radius 2 is 0.794 bits per heavy atom. The number of aromatic nitrogens is 5. The van der Waals surface area contributed by atoms with Crippen molar-refractivity contribution in [3.63, 3.8) is 0 Å². The summed E-state index contributed by atoms with van der Waals surface area (Å²) in [7, 11) is 0. The molecule has 5 nitrogen and oxygen atoms in total. The van der Waals surface area contributed by atoms with E-state index in [-0.39, 0.29) is 0 Å². The van der Waals surface area contributed by atoms with Gasteiger partial charge in [0.1, 0.15) is 0 Å². The lowest BCUT2D eigenvalue weighted by atomic mass is 9.99. The van der Waals surface area contributed by atoms with E-state index in [1.807, 2.05) is 0 Å². The highest BCUT2D eigenvalue weighted by Crippen LogP contribution is 2.44. The molecule has 0 saturated carbocycles. The molecule has 14 rings (SSSR count). The first-order valence-corrected chi connectivity index (χ1v) is 21.5. The molecule has 0 amide bonds. The quantitative estimate of drug-likeness (QED) is 0.178. The molecule has 14 aromatic rings. The fourth-order valence-electron chi connectivity index (χ4n) is 10.5. The Morgan fingerprint density at radius 3 is 1.52 bits per heavy atom. The van der Waals surface area contributed by atoms with E-state index in [1.165, 1.54) is 65.2 Å². The van der Waals surface area contributed by atoms with E-state index in [0.717, 1.165) is 55.3 Å². The first-order valence-electron chi connectivity index (χ1n) is 21.5. The number of nitrogens with zero attached hydrogens (tertiary/aromatic N) is 5.